The Bertz CT molecular complexity index is 1100. The van der Waals surface area contributed by atoms with Gasteiger partial charge in [0.15, 0.2) is 0 Å². The molecule has 3 N–H and O–H groups in total. The highest BCUT2D eigenvalue weighted by molar-refractivity contribution is 7.88. The molecule has 2 aromatic heterocycles. The largest absolute Gasteiger partial charge is 0.446 e. The van der Waals surface area contributed by atoms with Crippen molar-refractivity contribution in [3.05, 3.63) is 38.7 Å². The van der Waals surface area contributed by atoms with Gasteiger partial charge >= 0.3 is 5.69 Å². The first kappa shape index (κ1) is 24.7. The Kier molecular flexibility index (Phi) is 8.13. The fourth-order valence-electron chi connectivity index (χ4n) is 3.06. The highest BCUT2D eigenvalue weighted by atomic mass is 32.2. The predicted molar refractivity (Wildman–Crippen MR) is 121 cm³/mol. The van der Waals surface area contributed by atoms with Crippen LogP contribution >= 0.6 is 0 Å². The van der Waals surface area contributed by atoms with Gasteiger partial charge in [-0.15, -0.1) is 0 Å². The molecule has 0 aliphatic carbocycles. The second-order valence-corrected chi connectivity index (χ2v) is 10.2. The van der Waals surface area contributed by atoms with Crippen LogP contribution in [0.1, 0.15) is 45.8 Å². The SMILES string of the molecule is CCCCn1c(N)c(N(CCC(C)C)Cc2ccc(S(=O)(=O)N(C)C)o2)c(=O)[nH]c1=O. The number of anilines is 2. The summed E-state index contributed by atoms with van der Waals surface area (Å²) in [6.07, 6.45) is 2.37. The highest BCUT2D eigenvalue weighted by Crippen LogP contribution is 2.23. The molecule has 0 atom stereocenters. The zero-order valence-electron chi connectivity index (χ0n) is 18.8. The van der Waals surface area contributed by atoms with Gasteiger partial charge in [-0.25, -0.2) is 17.5 Å². The van der Waals surface area contributed by atoms with Gasteiger partial charge in [0.05, 0.1) is 6.54 Å². The third-order valence-corrected chi connectivity index (χ3v) is 6.65. The van der Waals surface area contributed by atoms with Gasteiger partial charge < -0.3 is 15.1 Å². The number of nitrogens with one attached hydrogen (secondary N) is 1. The average Bonchev–Trinajstić information content (AvgIpc) is 3.14. The van der Waals surface area contributed by atoms with Gasteiger partial charge in [-0.1, -0.05) is 27.2 Å². The number of aromatic nitrogens is 2. The Morgan fingerprint density at radius 2 is 1.90 bits per heavy atom. The number of hydrogen-bond acceptors (Lipinski definition) is 7. The molecule has 2 rings (SSSR count). The number of nitrogens with two attached hydrogens (primary N) is 1. The number of hydrogen-bond donors (Lipinski definition) is 2. The van der Waals surface area contributed by atoms with Gasteiger partial charge in [-0.05, 0) is 30.9 Å². The maximum absolute atomic E-state index is 12.7. The van der Waals surface area contributed by atoms with Gasteiger partial charge in [-0.2, -0.15) is 0 Å². The number of sulfonamides is 1. The summed E-state index contributed by atoms with van der Waals surface area (Å²) < 4.78 is 32.6. The Morgan fingerprint density at radius 3 is 2.48 bits per heavy atom. The van der Waals surface area contributed by atoms with Crippen LogP contribution in [-0.4, -0.2) is 42.9 Å². The fourth-order valence-corrected chi connectivity index (χ4v) is 3.87. The lowest BCUT2D eigenvalue weighted by atomic mass is 10.1. The molecule has 2 heterocycles. The molecule has 0 bridgehead atoms. The molecule has 0 unspecified atom stereocenters. The number of nitrogens with zero attached hydrogens (tertiary/aromatic N) is 3. The first-order chi connectivity index (χ1) is 14.5. The molecule has 10 nitrogen and oxygen atoms in total. The zero-order chi connectivity index (χ0) is 23.3. The van der Waals surface area contributed by atoms with Crippen molar-refractivity contribution >= 4 is 21.5 Å². The average molecular weight is 456 g/mol. The molecule has 0 spiro atoms. The third kappa shape index (κ3) is 5.79. The predicted octanol–water partition coefficient (Wildman–Crippen LogP) is 1.81. The molecule has 0 aromatic carbocycles. The molecule has 0 aliphatic rings. The topological polar surface area (TPSA) is 135 Å². The van der Waals surface area contributed by atoms with E-state index in [2.05, 4.69) is 18.8 Å². The maximum atomic E-state index is 12.7. The molecule has 11 heteroatoms. The van der Waals surface area contributed by atoms with E-state index in [1.54, 1.807) is 11.0 Å². The van der Waals surface area contributed by atoms with E-state index in [-0.39, 0.29) is 23.1 Å². The summed E-state index contributed by atoms with van der Waals surface area (Å²) in [4.78, 5) is 29.0. The minimum absolute atomic E-state index is 0.0960. The van der Waals surface area contributed by atoms with Crippen LogP contribution in [0.15, 0.2) is 31.2 Å². The summed E-state index contributed by atoms with van der Waals surface area (Å²) in [5, 5.41) is -0.175. The van der Waals surface area contributed by atoms with Gasteiger partial charge in [0, 0.05) is 27.2 Å². The van der Waals surface area contributed by atoms with Crippen LogP contribution in [0.25, 0.3) is 0 Å². The highest BCUT2D eigenvalue weighted by Gasteiger charge is 2.24. The van der Waals surface area contributed by atoms with Crippen molar-refractivity contribution in [3.8, 4) is 0 Å². The van der Waals surface area contributed by atoms with Crippen molar-refractivity contribution in [1.29, 1.82) is 0 Å². The first-order valence-corrected chi connectivity index (χ1v) is 11.8. The molecule has 0 fully saturated rings. The Morgan fingerprint density at radius 1 is 1.23 bits per heavy atom. The molecule has 0 saturated carbocycles. The van der Waals surface area contributed by atoms with E-state index < -0.39 is 21.3 Å². The molecule has 2 aromatic rings. The third-order valence-electron chi connectivity index (χ3n) is 4.96. The normalized spacial score (nSPS) is 12.1. The van der Waals surface area contributed by atoms with Crippen molar-refractivity contribution in [2.24, 2.45) is 5.92 Å². The molecular weight excluding hydrogens is 422 g/mol. The molecule has 0 radical (unpaired) electrons. The Hall–Kier alpha value is -2.53. The van der Waals surface area contributed by atoms with Crippen LogP contribution < -0.4 is 21.9 Å². The second-order valence-electron chi connectivity index (χ2n) is 8.11. The summed E-state index contributed by atoms with van der Waals surface area (Å²) in [6.45, 7) is 7.13. The van der Waals surface area contributed by atoms with Gasteiger partial charge in [0.2, 0.25) is 5.09 Å². The van der Waals surface area contributed by atoms with E-state index in [4.69, 9.17) is 10.2 Å². The van der Waals surface area contributed by atoms with Crippen LogP contribution in [0.2, 0.25) is 0 Å². The van der Waals surface area contributed by atoms with Crippen molar-refractivity contribution in [2.75, 3.05) is 31.3 Å². The van der Waals surface area contributed by atoms with Crippen molar-refractivity contribution in [1.82, 2.24) is 13.9 Å². The number of aromatic amines is 1. The van der Waals surface area contributed by atoms with E-state index in [0.717, 1.165) is 23.6 Å². The number of unbranched alkanes of at least 4 members (excludes halogenated alkanes) is 1. The lowest BCUT2D eigenvalue weighted by Gasteiger charge is -2.26. The molecule has 0 saturated heterocycles. The van der Waals surface area contributed by atoms with Gasteiger partial charge in [0.1, 0.15) is 17.3 Å². The van der Waals surface area contributed by atoms with Crippen LogP contribution in [-0.2, 0) is 23.1 Å². The minimum atomic E-state index is -3.71. The van der Waals surface area contributed by atoms with Gasteiger partial charge in [-0.3, -0.25) is 14.3 Å². The van der Waals surface area contributed by atoms with Crippen LogP contribution in [0.3, 0.4) is 0 Å². The number of furan rings is 1. The summed E-state index contributed by atoms with van der Waals surface area (Å²) >= 11 is 0. The molecule has 31 heavy (non-hydrogen) atoms. The number of H-pyrrole nitrogens is 1. The summed E-state index contributed by atoms with van der Waals surface area (Å²) in [5.74, 6) is 0.822. The summed E-state index contributed by atoms with van der Waals surface area (Å²) in [7, 11) is -0.865. The van der Waals surface area contributed by atoms with Crippen LogP contribution in [0.5, 0.6) is 0 Å². The maximum Gasteiger partial charge on any atom is 0.330 e. The van der Waals surface area contributed by atoms with Crippen molar-refractivity contribution in [3.63, 3.8) is 0 Å². The lowest BCUT2D eigenvalue weighted by Crippen LogP contribution is -2.38. The monoisotopic (exact) mass is 455 g/mol. The van der Waals surface area contributed by atoms with E-state index in [1.165, 1.54) is 24.7 Å². The molecule has 0 amide bonds. The zero-order valence-corrected chi connectivity index (χ0v) is 19.7. The minimum Gasteiger partial charge on any atom is -0.446 e. The second kappa shape index (κ2) is 10.2. The lowest BCUT2D eigenvalue weighted by molar-refractivity contribution is 0.395. The summed E-state index contributed by atoms with van der Waals surface area (Å²) in [5.41, 5.74) is 5.34. The summed E-state index contributed by atoms with van der Waals surface area (Å²) in [6, 6.07) is 2.96. The quantitative estimate of drug-likeness (QED) is 0.527. The molecular formula is C20H33N5O5S. The number of rotatable bonds is 11. The number of nitrogen functional groups attached to an aromatic ring is 1. The van der Waals surface area contributed by atoms with E-state index in [1.807, 2.05) is 6.92 Å². The fraction of sp³-hybridized carbons (Fsp3) is 0.600. The van der Waals surface area contributed by atoms with Crippen molar-refractivity contribution in [2.45, 2.75) is 58.2 Å². The Labute approximate surface area is 182 Å². The van der Waals surface area contributed by atoms with Crippen LogP contribution in [0.4, 0.5) is 11.5 Å². The van der Waals surface area contributed by atoms with E-state index >= 15 is 0 Å². The molecule has 174 valence electrons. The van der Waals surface area contributed by atoms with Crippen molar-refractivity contribution < 1.29 is 12.8 Å². The molecule has 0 aliphatic heterocycles. The Balaban J connectivity index is 2.48. The van der Waals surface area contributed by atoms with E-state index in [0.29, 0.717) is 24.8 Å². The smallest absolute Gasteiger partial charge is 0.330 e. The van der Waals surface area contributed by atoms with Crippen LogP contribution in [0, 0.1) is 5.92 Å². The first-order valence-electron chi connectivity index (χ1n) is 10.4. The standard InChI is InChI=1S/C20H33N5O5S/c1-6-7-11-25-18(21)17(19(26)22-20(25)27)24(12-10-14(2)3)13-15-8-9-16(30-15)31(28,29)23(4)5/h8-9,14H,6-7,10-13,21H2,1-5H3,(H,22,26,27). The van der Waals surface area contributed by atoms with Gasteiger partial charge in [0.25, 0.3) is 15.6 Å². The van der Waals surface area contributed by atoms with E-state index in [9.17, 15) is 18.0 Å².